The minimum absolute atomic E-state index is 0.250. The zero-order valence-electron chi connectivity index (χ0n) is 18.0. The van der Waals surface area contributed by atoms with Crippen LogP contribution in [0.2, 0.25) is 0 Å². The van der Waals surface area contributed by atoms with Crippen molar-refractivity contribution in [3.63, 3.8) is 0 Å². The van der Waals surface area contributed by atoms with Gasteiger partial charge in [-0.15, -0.1) is 0 Å². The minimum Gasteiger partial charge on any atom is -0.378 e. The number of rotatable bonds is 8. The summed E-state index contributed by atoms with van der Waals surface area (Å²) in [6.07, 6.45) is 3.85. The van der Waals surface area contributed by atoms with Crippen molar-refractivity contribution in [1.82, 2.24) is 0 Å². The van der Waals surface area contributed by atoms with E-state index in [4.69, 9.17) is 4.74 Å². The highest BCUT2D eigenvalue weighted by Gasteiger charge is 2.39. The van der Waals surface area contributed by atoms with Crippen molar-refractivity contribution in [2.24, 2.45) is 5.92 Å². The van der Waals surface area contributed by atoms with Gasteiger partial charge in [-0.25, -0.2) is 0 Å². The van der Waals surface area contributed by atoms with Gasteiger partial charge in [0.2, 0.25) is 0 Å². The fourth-order valence-corrected chi connectivity index (χ4v) is 4.38. The van der Waals surface area contributed by atoms with Gasteiger partial charge in [-0.2, -0.15) is 0 Å². The topological polar surface area (TPSA) is 29.1 Å². The van der Waals surface area contributed by atoms with Gasteiger partial charge >= 0.3 is 0 Å². The molecule has 152 valence electrons. The smallest absolute Gasteiger partial charge is 0.101 e. The van der Waals surface area contributed by atoms with Gasteiger partial charge in [0.25, 0.3) is 0 Å². The molecule has 0 spiro atoms. The van der Waals surface area contributed by atoms with Crippen LogP contribution < -0.4 is 10.2 Å². The van der Waals surface area contributed by atoms with Crippen molar-refractivity contribution in [3.8, 4) is 0 Å². The molecule has 0 saturated carbocycles. The maximum absolute atomic E-state index is 6.11. The van der Waals surface area contributed by atoms with Crippen molar-refractivity contribution in [3.05, 3.63) is 65.7 Å². The first-order valence-electron chi connectivity index (χ1n) is 10.8. The number of quaternary nitrogens is 1. The van der Waals surface area contributed by atoms with Crippen LogP contribution in [0.4, 0.5) is 5.69 Å². The molecule has 1 aliphatic rings. The van der Waals surface area contributed by atoms with E-state index in [0.29, 0.717) is 12.0 Å². The predicted molar refractivity (Wildman–Crippen MR) is 118 cm³/mol. The largest absolute Gasteiger partial charge is 0.378 e. The van der Waals surface area contributed by atoms with E-state index in [-0.39, 0.29) is 5.41 Å². The maximum atomic E-state index is 6.11. The van der Waals surface area contributed by atoms with Crippen molar-refractivity contribution in [2.75, 3.05) is 32.1 Å². The first-order valence-corrected chi connectivity index (χ1v) is 10.8. The lowest BCUT2D eigenvalue weighted by Gasteiger charge is -2.42. The molecular formula is C25H37N2O+. The molecule has 0 bridgehead atoms. The molecule has 2 atom stereocenters. The molecular weight excluding hydrogens is 344 g/mol. The quantitative estimate of drug-likeness (QED) is 0.701. The van der Waals surface area contributed by atoms with Crippen molar-refractivity contribution < 1.29 is 10.1 Å². The standard InChI is InChI=1S/C25H36N2O/c1-20(2)24-18-25(15-17-28-24,22-8-6-5-7-9-22)14-16-26-19-21-10-12-23(13-11-21)27(3)4/h5-13,20,24,26H,14-19H2,1-4H3/p+1/t24-,25+/m0/s1. The molecule has 2 aromatic carbocycles. The van der Waals surface area contributed by atoms with E-state index >= 15 is 0 Å². The van der Waals surface area contributed by atoms with Crippen molar-refractivity contribution in [2.45, 2.75) is 51.2 Å². The average Bonchev–Trinajstić information content (AvgIpc) is 2.72. The average molecular weight is 382 g/mol. The van der Waals surface area contributed by atoms with Gasteiger partial charge in [0.15, 0.2) is 0 Å². The Labute approximate surface area is 171 Å². The Balaban J connectivity index is 1.62. The van der Waals surface area contributed by atoms with Crippen LogP contribution in [0.25, 0.3) is 0 Å². The molecule has 0 aliphatic carbocycles. The predicted octanol–water partition coefficient (Wildman–Crippen LogP) is 3.98. The highest BCUT2D eigenvalue weighted by atomic mass is 16.5. The van der Waals surface area contributed by atoms with Crippen LogP contribution in [0.3, 0.4) is 0 Å². The Bertz CT molecular complexity index is 711. The number of nitrogens with zero attached hydrogens (tertiary/aromatic N) is 1. The highest BCUT2D eigenvalue weighted by Crippen LogP contribution is 2.41. The molecule has 1 aliphatic heterocycles. The first-order chi connectivity index (χ1) is 13.5. The number of nitrogens with two attached hydrogens (primary N) is 1. The molecule has 1 fully saturated rings. The monoisotopic (exact) mass is 381 g/mol. The second-order valence-corrected chi connectivity index (χ2v) is 8.85. The lowest BCUT2D eigenvalue weighted by atomic mass is 9.68. The summed E-state index contributed by atoms with van der Waals surface area (Å²) >= 11 is 0. The van der Waals surface area contributed by atoms with Gasteiger partial charge in [0.1, 0.15) is 6.54 Å². The minimum atomic E-state index is 0.250. The lowest BCUT2D eigenvalue weighted by Crippen LogP contribution is -2.83. The molecule has 0 aromatic heterocycles. The summed E-state index contributed by atoms with van der Waals surface area (Å²) in [5, 5.41) is 2.47. The van der Waals surface area contributed by atoms with Gasteiger partial charge in [-0.1, -0.05) is 56.3 Å². The van der Waals surface area contributed by atoms with E-state index < -0.39 is 0 Å². The number of ether oxygens (including phenoxy) is 1. The van der Waals surface area contributed by atoms with E-state index in [1.54, 1.807) is 0 Å². The molecule has 3 heteroatoms. The number of benzene rings is 2. The zero-order valence-corrected chi connectivity index (χ0v) is 18.0. The van der Waals surface area contributed by atoms with Crippen LogP contribution in [0.1, 0.15) is 44.2 Å². The van der Waals surface area contributed by atoms with Gasteiger partial charge < -0.3 is 15.0 Å². The SMILES string of the molecule is CC(C)[C@@H]1C[C@](CC[NH2+]Cc2ccc(N(C)C)cc2)(c2ccccc2)CCO1. The van der Waals surface area contributed by atoms with E-state index in [1.165, 1.54) is 23.2 Å². The van der Waals surface area contributed by atoms with Crippen LogP contribution in [0.5, 0.6) is 0 Å². The molecule has 2 N–H and O–H groups in total. The maximum Gasteiger partial charge on any atom is 0.101 e. The molecule has 1 saturated heterocycles. The van der Waals surface area contributed by atoms with Crippen LogP contribution >= 0.6 is 0 Å². The summed E-state index contributed by atoms with van der Waals surface area (Å²) in [7, 11) is 4.17. The third-order valence-corrected chi connectivity index (χ3v) is 6.29. The summed E-state index contributed by atoms with van der Waals surface area (Å²) < 4.78 is 6.11. The third-order valence-electron chi connectivity index (χ3n) is 6.29. The van der Waals surface area contributed by atoms with Gasteiger partial charge in [0, 0.05) is 43.8 Å². The Morgan fingerprint density at radius 2 is 1.79 bits per heavy atom. The fourth-order valence-electron chi connectivity index (χ4n) is 4.38. The zero-order chi connectivity index (χ0) is 20.0. The summed E-state index contributed by atoms with van der Waals surface area (Å²) in [5.41, 5.74) is 4.40. The lowest BCUT2D eigenvalue weighted by molar-refractivity contribution is -0.671. The molecule has 3 nitrogen and oxygen atoms in total. The van der Waals surface area contributed by atoms with Gasteiger partial charge in [-0.05, 0) is 36.5 Å². The van der Waals surface area contributed by atoms with Crippen molar-refractivity contribution >= 4 is 5.69 Å². The molecule has 0 unspecified atom stereocenters. The van der Waals surface area contributed by atoms with Crippen LogP contribution in [0.15, 0.2) is 54.6 Å². The first kappa shape index (κ1) is 20.9. The fraction of sp³-hybridized carbons (Fsp3) is 0.520. The molecule has 0 amide bonds. The van der Waals surface area contributed by atoms with Gasteiger partial charge in [0.05, 0.1) is 12.6 Å². The number of hydrogen-bond acceptors (Lipinski definition) is 2. The van der Waals surface area contributed by atoms with E-state index in [1.807, 2.05) is 0 Å². The van der Waals surface area contributed by atoms with E-state index in [2.05, 4.69) is 92.8 Å². The molecule has 2 aromatic rings. The molecule has 0 radical (unpaired) electrons. The Morgan fingerprint density at radius 3 is 2.43 bits per heavy atom. The summed E-state index contributed by atoms with van der Waals surface area (Å²) in [6.45, 7) is 7.64. The normalized spacial score (nSPS) is 22.4. The van der Waals surface area contributed by atoms with Crippen molar-refractivity contribution in [1.29, 1.82) is 0 Å². The summed E-state index contributed by atoms with van der Waals surface area (Å²) in [4.78, 5) is 2.15. The summed E-state index contributed by atoms with van der Waals surface area (Å²) in [6, 6.07) is 20.1. The second-order valence-electron chi connectivity index (χ2n) is 8.85. The Hall–Kier alpha value is -1.84. The third kappa shape index (κ3) is 5.15. The highest BCUT2D eigenvalue weighted by molar-refractivity contribution is 5.45. The molecule has 1 heterocycles. The van der Waals surface area contributed by atoms with E-state index in [9.17, 15) is 0 Å². The van der Waals surface area contributed by atoms with Crippen LogP contribution in [-0.2, 0) is 16.7 Å². The van der Waals surface area contributed by atoms with Crippen LogP contribution in [-0.4, -0.2) is 33.4 Å². The molecule has 3 rings (SSSR count). The van der Waals surface area contributed by atoms with Gasteiger partial charge in [-0.3, -0.25) is 0 Å². The summed E-state index contributed by atoms with van der Waals surface area (Å²) in [5.74, 6) is 0.572. The second kappa shape index (κ2) is 9.58. The number of hydrogen-bond donors (Lipinski definition) is 1. The Morgan fingerprint density at radius 1 is 1.07 bits per heavy atom. The molecule has 28 heavy (non-hydrogen) atoms. The number of anilines is 1. The van der Waals surface area contributed by atoms with E-state index in [0.717, 1.165) is 32.5 Å². The van der Waals surface area contributed by atoms with Crippen LogP contribution in [0, 0.1) is 5.92 Å². The Kier molecular flexibility index (Phi) is 7.14.